The number of nitrogens with one attached hydrogen (secondary N) is 4. The SMILES string of the molecule is O=C(Nc1cc(Cl)c(NC(=O)c2cc3ccccc3c(N=Nc3cc(C(F)(F)F)ccc3Cl)c2O)cc1Cl)c1cc2ccccc2c(N=Nc2cc(C(F)(F)F)ccc2Cl)c1O.O=C(Nc1cc(Cl)c(NC(=O)c2cc3ccccc3c(N=Nc3ccc(S(=O)(=O)O)cc3)c2O)cc1Cl)c1cc2ccccc2c(N=Nc2ccc(S(=O)(=O)O)cc2)c1O. The molecule has 0 aliphatic rings. The Morgan fingerprint density at radius 2 is 0.533 bits per heavy atom. The molecule has 14 rings (SSSR count). The molecular formula is C82H48Cl6F6N12O14S2. The van der Waals surface area contributed by atoms with Gasteiger partial charge >= 0.3 is 12.4 Å². The topological polar surface area (TPSA) is 405 Å². The Kier molecular flexibility index (Phi) is 25.0. The van der Waals surface area contributed by atoms with Gasteiger partial charge in [-0.2, -0.15) is 53.4 Å². The molecule has 26 nitrogen and oxygen atoms in total. The maximum absolute atomic E-state index is 13.7. The van der Waals surface area contributed by atoms with Crippen LogP contribution in [-0.4, -0.2) is 70.0 Å². The molecule has 0 radical (unpaired) electrons. The number of benzene rings is 14. The highest BCUT2D eigenvalue weighted by atomic mass is 35.5. The van der Waals surface area contributed by atoms with Gasteiger partial charge in [-0.3, -0.25) is 28.3 Å². The van der Waals surface area contributed by atoms with Crippen molar-refractivity contribution in [1.29, 1.82) is 0 Å². The van der Waals surface area contributed by atoms with Gasteiger partial charge in [-0.15, -0.1) is 30.7 Å². The van der Waals surface area contributed by atoms with E-state index in [1.54, 1.807) is 97.1 Å². The number of azo groups is 4. The van der Waals surface area contributed by atoms with E-state index < -0.39 is 90.3 Å². The van der Waals surface area contributed by atoms with Crippen molar-refractivity contribution in [3.63, 3.8) is 0 Å². The van der Waals surface area contributed by atoms with Gasteiger partial charge in [-0.05, 0) is 155 Å². The summed E-state index contributed by atoms with van der Waals surface area (Å²) in [6, 6.07) is 51.1. The maximum Gasteiger partial charge on any atom is 0.416 e. The number of alkyl halides is 6. The number of hydrogen-bond donors (Lipinski definition) is 10. The number of nitrogens with zero attached hydrogens (tertiary/aromatic N) is 8. The molecule has 0 aromatic heterocycles. The molecule has 0 aliphatic carbocycles. The number of hydrogen-bond acceptors (Lipinski definition) is 20. The van der Waals surface area contributed by atoms with Gasteiger partial charge in [-0.1, -0.05) is 167 Å². The van der Waals surface area contributed by atoms with Crippen LogP contribution in [0.5, 0.6) is 23.0 Å². The third kappa shape index (κ3) is 19.3. The highest BCUT2D eigenvalue weighted by Gasteiger charge is 2.33. The molecule has 122 heavy (non-hydrogen) atoms. The van der Waals surface area contributed by atoms with Crippen LogP contribution in [0.3, 0.4) is 0 Å². The standard InChI is InChI=1S/C42H22Cl4F6N6O4.C40H26Cl2N6O10S2/c43-27-11-9-21(41(47,48)49)15-33(27)55-57-35-23-7-3-1-5-19(23)13-25(37(35)59)39(61)53-31-17-30(46)32(18-29(31)45)54-40(62)26-14-20-6-2-4-8-24(20)36(38(26)60)58-56-34-16-22(42(50,51)52)10-12-28(34)44;41-31-20-34(44-40(52)30-18-22-6-2-4-8-28(22)36(38(30)50)48-46-24-11-15-26(16-12-24)60(56,57)58)32(42)19-33(31)43-39(51)29-17-21-5-1-3-7-27(21)35(37(29)49)47-45-23-9-13-25(14-10-23)59(53,54)55/h1-18,59-60H,(H,53,61)(H,54,62);1-20,49-50H,(H,43,51)(H,44,52)(H,53,54,55)(H,56,57,58). The highest BCUT2D eigenvalue weighted by Crippen LogP contribution is 2.48. The minimum Gasteiger partial charge on any atom is -0.505 e. The van der Waals surface area contributed by atoms with E-state index >= 15 is 0 Å². The zero-order chi connectivity index (χ0) is 87.6. The molecule has 14 aromatic rings. The first-order valence-corrected chi connectivity index (χ1v) is 39.7. The summed E-state index contributed by atoms with van der Waals surface area (Å²) in [5.41, 5.74) is -4.38. The van der Waals surface area contributed by atoms with Gasteiger partial charge in [0, 0.05) is 21.5 Å². The Balaban J connectivity index is 0.000000210. The van der Waals surface area contributed by atoms with Crippen molar-refractivity contribution >= 4 is 225 Å². The second kappa shape index (κ2) is 35.2. The first-order chi connectivity index (χ1) is 57.8. The summed E-state index contributed by atoms with van der Waals surface area (Å²) in [6.45, 7) is 0. The Hall–Kier alpha value is -13.3. The second-order valence-electron chi connectivity index (χ2n) is 25.9. The quantitative estimate of drug-likeness (QED) is 0.0217. The number of halogens is 12. The van der Waals surface area contributed by atoms with Gasteiger partial charge in [-0.25, -0.2) is 0 Å². The van der Waals surface area contributed by atoms with Crippen molar-refractivity contribution in [3.8, 4) is 23.0 Å². The number of phenols is 4. The van der Waals surface area contributed by atoms with Crippen LogP contribution in [0.15, 0.2) is 281 Å². The van der Waals surface area contributed by atoms with Gasteiger partial charge in [0.1, 0.15) is 34.1 Å². The number of fused-ring (bicyclic) bond motifs is 4. The van der Waals surface area contributed by atoms with Gasteiger partial charge in [0.05, 0.1) is 107 Å². The fourth-order valence-electron chi connectivity index (χ4n) is 11.9. The van der Waals surface area contributed by atoms with E-state index in [2.05, 4.69) is 62.2 Å². The molecule has 0 unspecified atom stereocenters. The number of anilines is 4. The maximum atomic E-state index is 13.7. The lowest BCUT2D eigenvalue weighted by Gasteiger charge is -2.15. The molecule has 0 aliphatic heterocycles. The van der Waals surface area contributed by atoms with E-state index in [0.717, 1.165) is 48.5 Å². The molecule has 4 amide bonds. The molecule has 0 bridgehead atoms. The average Bonchev–Trinajstić information content (AvgIpc) is 0.783. The van der Waals surface area contributed by atoms with Crippen LogP contribution < -0.4 is 21.3 Å². The lowest BCUT2D eigenvalue weighted by Crippen LogP contribution is -2.14. The van der Waals surface area contributed by atoms with Crippen LogP contribution in [0.25, 0.3) is 43.1 Å². The van der Waals surface area contributed by atoms with Crippen molar-refractivity contribution in [1.82, 2.24) is 0 Å². The van der Waals surface area contributed by atoms with E-state index in [0.29, 0.717) is 55.2 Å². The molecule has 0 fully saturated rings. The lowest BCUT2D eigenvalue weighted by molar-refractivity contribution is -0.138. The van der Waals surface area contributed by atoms with Crippen LogP contribution in [0.2, 0.25) is 30.1 Å². The van der Waals surface area contributed by atoms with Crippen molar-refractivity contribution in [2.75, 3.05) is 21.3 Å². The normalized spacial score (nSPS) is 12.1. The molecule has 40 heteroatoms. The number of phenolic OH excluding ortho intramolecular Hbond substituents is 4. The van der Waals surface area contributed by atoms with Gasteiger partial charge in [0.25, 0.3) is 43.9 Å². The zero-order valence-corrected chi connectivity index (χ0v) is 67.0. The minimum absolute atomic E-state index is 0.000182. The predicted octanol–water partition coefficient (Wildman–Crippen LogP) is 25.9. The molecular weight excluding hydrogens is 1770 g/mol. The van der Waals surface area contributed by atoms with Crippen molar-refractivity contribution in [2.24, 2.45) is 40.9 Å². The van der Waals surface area contributed by atoms with Crippen LogP contribution in [0, 0.1) is 0 Å². The summed E-state index contributed by atoms with van der Waals surface area (Å²) < 4.78 is 144. The minimum atomic E-state index is -4.70. The van der Waals surface area contributed by atoms with Crippen LogP contribution >= 0.6 is 69.6 Å². The van der Waals surface area contributed by atoms with E-state index in [1.165, 1.54) is 72.8 Å². The third-order valence-corrected chi connectivity index (χ3v) is 21.6. The Morgan fingerprint density at radius 3 is 0.770 bits per heavy atom. The number of aromatic hydroxyl groups is 4. The average molecular weight is 1820 g/mol. The Labute approximate surface area is 713 Å². The summed E-state index contributed by atoms with van der Waals surface area (Å²) >= 11 is 38.3. The predicted molar refractivity (Wildman–Crippen MR) is 449 cm³/mol. The van der Waals surface area contributed by atoms with Gasteiger partial charge in [0.2, 0.25) is 0 Å². The van der Waals surface area contributed by atoms with E-state index in [9.17, 15) is 91.9 Å². The molecule has 616 valence electrons. The van der Waals surface area contributed by atoms with Crippen molar-refractivity contribution in [3.05, 3.63) is 294 Å². The first-order valence-electron chi connectivity index (χ1n) is 34.6. The van der Waals surface area contributed by atoms with Crippen molar-refractivity contribution in [2.45, 2.75) is 22.1 Å². The summed E-state index contributed by atoms with van der Waals surface area (Å²) in [5, 5.41) is 89.9. The fraction of sp³-hybridized carbons (Fsp3) is 0.0244. The first kappa shape index (κ1) is 86.6. The highest BCUT2D eigenvalue weighted by molar-refractivity contribution is 7.86. The van der Waals surface area contributed by atoms with Crippen molar-refractivity contribution < 1.29 is 91.9 Å². The van der Waals surface area contributed by atoms with Crippen LogP contribution in [-0.2, 0) is 32.6 Å². The number of carbonyl (C=O) groups is 4. The smallest absolute Gasteiger partial charge is 0.416 e. The summed E-state index contributed by atoms with van der Waals surface area (Å²) in [6.07, 6.45) is -9.40. The molecule has 0 atom stereocenters. The fourth-order valence-corrected chi connectivity index (χ4v) is 14.0. The molecule has 0 saturated carbocycles. The molecule has 0 spiro atoms. The summed E-state index contributed by atoms with van der Waals surface area (Å²) in [4.78, 5) is 53.9. The molecule has 0 heterocycles. The molecule has 0 saturated heterocycles. The summed E-state index contributed by atoms with van der Waals surface area (Å²) in [5.74, 6) is -5.95. The van der Waals surface area contributed by atoms with E-state index in [-0.39, 0.29) is 130 Å². The molecule has 14 aromatic carbocycles. The monoisotopic (exact) mass is 1810 g/mol. The summed E-state index contributed by atoms with van der Waals surface area (Å²) in [7, 11) is -8.87. The second-order valence-corrected chi connectivity index (χ2v) is 31.2. The van der Waals surface area contributed by atoms with E-state index in [1.807, 2.05) is 0 Å². The lowest BCUT2D eigenvalue weighted by atomic mass is 10.0. The Bertz CT molecular complexity index is 6650. The number of rotatable bonds is 18. The zero-order valence-electron chi connectivity index (χ0n) is 60.8. The third-order valence-electron chi connectivity index (χ3n) is 17.9. The largest absolute Gasteiger partial charge is 0.505 e. The van der Waals surface area contributed by atoms with Crippen LogP contribution in [0.1, 0.15) is 52.6 Å². The van der Waals surface area contributed by atoms with Gasteiger partial charge < -0.3 is 41.7 Å². The van der Waals surface area contributed by atoms with E-state index in [4.69, 9.17) is 69.6 Å². The van der Waals surface area contributed by atoms with Gasteiger partial charge in [0.15, 0.2) is 23.0 Å². The number of amides is 4. The van der Waals surface area contributed by atoms with Crippen LogP contribution in [0.4, 0.5) is 94.6 Å². The molecule has 10 N–H and O–H groups in total. The number of carbonyl (C=O) groups excluding carboxylic acids is 4. The Morgan fingerprint density at radius 1 is 0.295 bits per heavy atom.